The zero-order chi connectivity index (χ0) is 17.4. The van der Waals surface area contributed by atoms with E-state index in [0.29, 0.717) is 5.92 Å². The van der Waals surface area contributed by atoms with Crippen molar-refractivity contribution in [3.8, 4) is 0 Å². The van der Waals surface area contributed by atoms with Crippen LogP contribution in [0.5, 0.6) is 0 Å². The van der Waals surface area contributed by atoms with E-state index in [1.807, 2.05) is 35.4 Å². The number of aromatic nitrogens is 1. The molecule has 1 spiro atoms. The van der Waals surface area contributed by atoms with E-state index in [2.05, 4.69) is 24.0 Å². The minimum absolute atomic E-state index is 0.121. The predicted molar refractivity (Wildman–Crippen MR) is 98.8 cm³/mol. The van der Waals surface area contributed by atoms with Crippen LogP contribution in [0.3, 0.4) is 0 Å². The summed E-state index contributed by atoms with van der Waals surface area (Å²) >= 11 is 0. The van der Waals surface area contributed by atoms with E-state index in [0.717, 1.165) is 62.0 Å². The van der Waals surface area contributed by atoms with Gasteiger partial charge in [-0.25, -0.2) is 0 Å². The van der Waals surface area contributed by atoms with Crippen LogP contribution in [0.15, 0.2) is 30.5 Å². The Morgan fingerprint density at radius 3 is 3.12 bits per heavy atom. The molecule has 0 aliphatic carbocycles. The van der Waals surface area contributed by atoms with Crippen LogP contribution in [-0.2, 0) is 4.74 Å². The third-order valence-electron chi connectivity index (χ3n) is 5.54. The molecule has 25 heavy (non-hydrogen) atoms. The molecule has 2 aliphatic rings. The van der Waals surface area contributed by atoms with Crippen LogP contribution in [-0.4, -0.2) is 66.6 Å². The first-order chi connectivity index (χ1) is 12.0. The fourth-order valence-electron chi connectivity index (χ4n) is 4.49. The van der Waals surface area contributed by atoms with Crippen LogP contribution in [0, 0.1) is 5.92 Å². The van der Waals surface area contributed by atoms with Gasteiger partial charge in [-0.05, 0) is 62.9 Å². The SMILES string of the molecule is CN(C)C[C@H]1CO[C@@]2(CCCN(C(=O)c3ccc4cc[nH]c4c3)C2)C1. The number of benzene rings is 1. The molecular weight excluding hydrogens is 314 g/mol. The van der Waals surface area contributed by atoms with Crippen molar-refractivity contribution < 1.29 is 9.53 Å². The molecule has 5 heteroatoms. The fourth-order valence-corrected chi connectivity index (χ4v) is 4.49. The molecule has 0 radical (unpaired) electrons. The van der Waals surface area contributed by atoms with Crippen molar-refractivity contribution in [2.24, 2.45) is 5.92 Å². The number of ether oxygens (including phenoxy) is 1. The molecule has 2 aromatic rings. The molecular formula is C20H27N3O2. The highest BCUT2D eigenvalue weighted by atomic mass is 16.5. The number of fused-ring (bicyclic) bond motifs is 1. The number of likely N-dealkylation sites (tertiary alicyclic amines) is 1. The van der Waals surface area contributed by atoms with E-state index in [-0.39, 0.29) is 11.5 Å². The Morgan fingerprint density at radius 1 is 1.40 bits per heavy atom. The summed E-state index contributed by atoms with van der Waals surface area (Å²) in [4.78, 5) is 20.4. The summed E-state index contributed by atoms with van der Waals surface area (Å²) in [5.74, 6) is 0.690. The van der Waals surface area contributed by atoms with Crippen molar-refractivity contribution in [2.75, 3.05) is 40.3 Å². The largest absolute Gasteiger partial charge is 0.373 e. The second-order valence-electron chi connectivity index (χ2n) is 7.94. The number of rotatable bonds is 3. The van der Waals surface area contributed by atoms with Gasteiger partial charge in [-0.2, -0.15) is 0 Å². The Kier molecular flexibility index (Phi) is 4.29. The number of carbonyl (C=O) groups excluding carboxylic acids is 1. The summed E-state index contributed by atoms with van der Waals surface area (Å²) in [7, 11) is 4.22. The van der Waals surface area contributed by atoms with Crippen LogP contribution < -0.4 is 0 Å². The lowest BCUT2D eigenvalue weighted by Crippen LogP contribution is -2.50. The number of hydrogen-bond donors (Lipinski definition) is 1. The fraction of sp³-hybridized carbons (Fsp3) is 0.550. The monoisotopic (exact) mass is 341 g/mol. The second-order valence-corrected chi connectivity index (χ2v) is 7.94. The average Bonchev–Trinajstić information content (AvgIpc) is 3.20. The third kappa shape index (κ3) is 3.31. The number of hydrogen-bond acceptors (Lipinski definition) is 3. The lowest BCUT2D eigenvalue weighted by Gasteiger charge is -2.40. The summed E-state index contributed by atoms with van der Waals surface area (Å²) in [6, 6.07) is 7.93. The predicted octanol–water partition coefficient (Wildman–Crippen LogP) is 2.74. The van der Waals surface area contributed by atoms with E-state index >= 15 is 0 Å². The number of amides is 1. The summed E-state index contributed by atoms with van der Waals surface area (Å²) in [5, 5.41) is 1.14. The normalized spacial score (nSPS) is 26.8. The van der Waals surface area contributed by atoms with Crippen LogP contribution >= 0.6 is 0 Å². The maximum Gasteiger partial charge on any atom is 0.254 e. The Labute approximate surface area is 148 Å². The van der Waals surface area contributed by atoms with E-state index in [1.54, 1.807) is 0 Å². The van der Waals surface area contributed by atoms with Crippen molar-refractivity contribution in [3.05, 3.63) is 36.0 Å². The molecule has 1 amide bonds. The smallest absolute Gasteiger partial charge is 0.254 e. The first kappa shape index (κ1) is 16.6. The van der Waals surface area contributed by atoms with E-state index < -0.39 is 0 Å². The highest BCUT2D eigenvalue weighted by Crippen LogP contribution is 2.38. The van der Waals surface area contributed by atoms with Crippen molar-refractivity contribution >= 4 is 16.8 Å². The summed E-state index contributed by atoms with van der Waals surface area (Å²) in [5.41, 5.74) is 1.64. The molecule has 3 heterocycles. The number of nitrogens with one attached hydrogen (secondary N) is 1. The number of carbonyl (C=O) groups is 1. The van der Waals surface area contributed by atoms with Crippen LogP contribution in [0.2, 0.25) is 0 Å². The average molecular weight is 341 g/mol. The van der Waals surface area contributed by atoms with Gasteiger partial charge >= 0.3 is 0 Å². The molecule has 2 atom stereocenters. The standard InChI is InChI=1S/C20H27N3O2/c1-22(2)12-15-11-20(25-13-15)7-3-9-23(14-20)19(24)17-5-4-16-6-8-21-18(16)10-17/h4-6,8,10,15,21H,3,7,9,11-14H2,1-2H3/t15-,20-/m0/s1. The number of piperidine rings is 1. The quantitative estimate of drug-likeness (QED) is 0.934. The number of nitrogens with zero attached hydrogens (tertiary/aromatic N) is 2. The summed E-state index contributed by atoms with van der Waals surface area (Å²) in [6.45, 7) is 3.41. The van der Waals surface area contributed by atoms with E-state index in [1.165, 1.54) is 0 Å². The molecule has 134 valence electrons. The number of aromatic amines is 1. The highest BCUT2D eigenvalue weighted by molar-refractivity contribution is 5.98. The van der Waals surface area contributed by atoms with E-state index in [4.69, 9.17) is 4.74 Å². The first-order valence-electron chi connectivity index (χ1n) is 9.20. The van der Waals surface area contributed by atoms with Crippen molar-refractivity contribution in [1.82, 2.24) is 14.8 Å². The van der Waals surface area contributed by atoms with Crippen molar-refractivity contribution in [3.63, 3.8) is 0 Å². The van der Waals surface area contributed by atoms with Gasteiger partial charge in [0.05, 0.1) is 12.2 Å². The topological polar surface area (TPSA) is 48.6 Å². The van der Waals surface area contributed by atoms with Gasteiger partial charge in [0, 0.05) is 36.9 Å². The molecule has 0 bridgehead atoms. The van der Waals surface area contributed by atoms with Gasteiger partial charge in [0.15, 0.2) is 0 Å². The maximum absolute atomic E-state index is 13.0. The molecule has 1 N–H and O–H groups in total. The van der Waals surface area contributed by atoms with Gasteiger partial charge in [0.25, 0.3) is 5.91 Å². The van der Waals surface area contributed by atoms with Crippen molar-refractivity contribution in [1.29, 1.82) is 0 Å². The first-order valence-corrected chi connectivity index (χ1v) is 9.20. The molecule has 2 aliphatic heterocycles. The van der Waals surface area contributed by atoms with E-state index in [9.17, 15) is 4.79 Å². The van der Waals surface area contributed by atoms with Crippen molar-refractivity contribution in [2.45, 2.75) is 24.9 Å². The van der Waals surface area contributed by atoms with Crippen LogP contribution in [0.1, 0.15) is 29.6 Å². The Hall–Kier alpha value is -1.85. The molecule has 0 saturated carbocycles. The van der Waals surface area contributed by atoms with Gasteiger partial charge < -0.3 is 19.5 Å². The Bertz CT molecular complexity index is 769. The van der Waals surface area contributed by atoms with Gasteiger partial charge in [0.1, 0.15) is 0 Å². The molecule has 0 unspecified atom stereocenters. The lowest BCUT2D eigenvalue weighted by atomic mass is 9.86. The molecule has 1 aromatic heterocycles. The molecule has 1 aromatic carbocycles. The lowest BCUT2D eigenvalue weighted by molar-refractivity contribution is -0.0450. The van der Waals surface area contributed by atoms with Gasteiger partial charge in [-0.1, -0.05) is 6.07 Å². The Balaban J connectivity index is 1.48. The minimum atomic E-state index is -0.134. The summed E-state index contributed by atoms with van der Waals surface area (Å²) < 4.78 is 6.24. The Morgan fingerprint density at radius 2 is 2.28 bits per heavy atom. The molecule has 5 nitrogen and oxygen atoms in total. The zero-order valence-corrected chi connectivity index (χ0v) is 15.1. The highest BCUT2D eigenvalue weighted by Gasteiger charge is 2.44. The van der Waals surface area contributed by atoms with Gasteiger partial charge in [-0.15, -0.1) is 0 Å². The molecule has 2 fully saturated rings. The van der Waals surface area contributed by atoms with Crippen LogP contribution in [0.25, 0.3) is 10.9 Å². The van der Waals surface area contributed by atoms with Crippen LogP contribution in [0.4, 0.5) is 0 Å². The third-order valence-corrected chi connectivity index (χ3v) is 5.54. The summed E-state index contributed by atoms with van der Waals surface area (Å²) in [6.07, 6.45) is 5.05. The van der Waals surface area contributed by atoms with Gasteiger partial charge in [0.2, 0.25) is 0 Å². The second kappa shape index (κ2) is 6.46. The minimum Gasteiger partial charge on any atom is -0.373 e. The van der Waals surface area contributed by atoms with Gasteiger partial charge in [-0.3, -0.25) is 4.79 Å². The molecule has 2 saturated heterocycles. The zero-order valence-electron chi connectivity index (χ0n) is 15.1. The molecule has 4 rings (SSSR count). The number of H-pyrrole nitrogens is 1. The maximum atomic E-state index is 13.0.